The number of amides is 1. The van der Waals surface area contributed by atoms with Crippen molar-refractivity contribution in [3.63, 3.8) is 0 Å². The summed E-state index contributed by atoms with van der Waals surface area (Å²) in [7, 11) is 0. The first-order chi connectivity index (χ1) is 16.0. The fraction of sp³-hybridized carbons (Fsp3) is 0.0400. The topological polar surface area (TPSA) is 55.4 Å². The van der Waals surface area contributed by atoms with Crippen LogP contribution in [0.25, 0.3) is 11.6 Å². The van der Waals surface area contributed by atoms with Crippen LogP contribution in [-0.4, -0.2) is 11.9 Å². The van der Waals surface area contributed by atoms with E-state index in [9.17, 15) is 9.59 Å². The van der Waals surface area contributed by atoms with Crippen LogP contribution in [0.15, 0.2) is 83.6 Å². The van der Waals surface area contributed by atoms with Gasteiger partial charge in [-0.05, 0) is 47.2 Å². The van der Waals surface area contributed by atoms with Gasteiger partial charge in [-0.15, -0.1) is 22.7 Å². The number of carbonyl (C=O) groups excluding carboxylic acids is 2. The lowest BCUT2D eigenvalue weighted by atomic mass is 10.1. The molecule has 4 nitrogen and oxygen atoms in total. The average molecular weight is 514 g/mol. The Morgan fingerprint density at radius 3 is 2.21 bits per heavy atom. The molecule has 0 aliphatic heterocycles. The first-order valence-electron chi connectivity index (χ1n) is 9.81. The summed E-state index contributed by atoms with van der Waals surface area (Å²) in [5.41, 5.74) is 1.33. The highest BCUT2D eigenvalue weighted by Gasteiger charge is 2.28. The molecule has 1 atom stereocenters. The second-order valence-corrected chi connectivity index (χ2v) is 9.69. The van der Waals surface area contributed by atoms with Gasteiger partial charge in [-0.1, -0.05) is 65.7 Å². The molecule has 0 aliphatic rings. The lowest BCUT2D eigenvalue weighted by molar-refractivity contribution is -0.148. The van der Waals surface area contributed by atoms with Gasteiger partial charge in [-0.25, -0.2) is 4.79 Å². The van der Waals surface area contributed by atoms with Crippen molar-refractivity contribution >= 4 is 75.1 Å². The number of thiophene rings is 2. The Morgan fingerprint density at radius 1 is 0.879 bits per heavy atom. The zero-order valence-electron chi connectivity index (χ0n) is 17.0. The Hall–Kier alpha value is -2.90. The third-order valence-electron chi connectivity index (χ3n) is 4.53. The quantitative estimate of drug-likeness (QED) is 0.204. The second kappa shape index (κ2) is 10.8. The molecular weight excluding hydrogens is 497 g/mol. The molecule has 1 amide bonds. The normalized spacial score (nSPS) is 12.2. The molecule has 2 aromatic carbocycles. The molecule has 0 bridgehead atoms. The van der Waals surface area contributed by atoms with Crippen LogP contribution < -0.4 is 5.32 Å². The van der Waals surface area contributed by atoms with Gasteiger partial charge in [0.25, 0.3) is 5.91 Å². The average Bonchev–Trinajstić information content (AvgIpc) is 3.49. The van der Waals surface area contributed by atoms with Crippen molar-refractivity contribution in [2.45, 2.75) is 6.10 Å². The van der Waals surface area contributed by atoms with Gasteiger partial charge in [0.2, 0.25) is 6.10 Å². The minimum atomic E-state index is -1.18. The smallest absolute Gasteiger partial charge is 0.340 e. The van der Waals surface area contributed by atoms with Crippen LogP contribution in [0.4, 0.5) is 5.69 Å². The molecule has 0 fully saturated rings. The highest BCUT2D eigenvalue weighted by molar-refractivity contribution is 7.12. The van der Waals surface area contributed by atoms with Crippen LogP contribution in [0.2, 0.25) is 10.0 Å². The van der Waals surface area contributed by atoms with Crippen LogP contribution in [-0.2, 0) is 14.3 Å². The standard InChI is InChI=1S/C25H17Cl2NO3S2/c26-17-12-18(27)14-19(13-17)28-24(29)23(16-6-2-1-3-7-16)31-25(30)21(22-9-5-11-33-22)15-20-8-4-10-32-20/h1-15,23H,(H,28,29). The van der Waals surface area contributed by atoms with Gasteiger partial charge in [0.05, 0.1) is 5.57 Å². The predicted molar refractivity (Wildman–Crippen MR) is 137 cm³/mol. The Kier molecular flexibility index (Phi) is 7.62. The lowest BCUT2D eigenvalue weighted by Gasteiger charge is -2.19. The van der Waals surface area contributed by atoms with Crippen molar-refractivity contribution in [2.24, 2.45) is 0 Å². The number of halogens is 2. The summed E-state index contributed by atoms with van der Waals surface area (Å²) in [6.45, 7) is 0. The van der Waals surface area contributed by atoms with Gasteiger partial charge in [-0.3, -0.25) is 4.79 Å². The van der Waals surface area contributed by atoms with E-state index in [1.54, 1.807) is 48.5 Å². The van der Waals surface area contributed by atoms with Crippen molar-refractivity contribution in [1.29, 1.82) is 0 Å². The third-order valence-corrected chi connectivity index (χ3v) is 6.69. The number of anilines is 1. The van der Waals surface area contributed by atoms with Gasteiger partial charge < -0.3 is 10.1 Å². The minimum Gasteiger partial charge on any atom is -0.444 e. The SMILES string of the molecule is O=C(OC(C(=O)Nc1cc(Cl)cc(Cl)c1)c1ccccc1)C(=Cc1cccs1)c1cccs1. The number of hydrogen-bond donors (Lipinski definition) is 1. The molecule has 2 aromatic heterocycles. The molecule has 0 radical (unpaired) electrons. The van der Waals surface area contributed by atoms with E-state index in [2.05, 4.69) is 5.32 Å². The maximum atomic E-state index is 13.3. The number of ether oxygens (including phenoxy) is 1. The summed E-state index contributed by atoms with van der Waals surface area (Å²) >= 11 is 15.0. The molecular formula is C25H17Cl2NO3S2. The fourth-order valence-electron chi connectivity index (χ4n) is 3.08. The molecule has 166 valence electrons. The molecule has 0 aliphatic carbocycles. The Morgan fingerprint density at radius 2 is 1.58 bits per heavy atom. The molecule has 0 saturated carbocycles. The van der Waals surface area contributed by atoms with Crippen LogP contribution >= 0.6 is 45.9 Å². The molecule has 4 aromatic rings. The first-order valence-corrected chi connectivity index (χ1v) is 12.3. The van der Waals surface area contributed by atoms with E-state index in [0.29, 0.717) is 26.9 Å². The van der Waals surface area contributed by atoms with Gasteiger partial charge >= 0.3 is 5.97 Å². The Bertz CT molecular complexity index is 1250. The van der Waals surface area contributed by atoms with Gasteiger partial charge in [0.15, 0.2) is 0 Å². The molecule has 1 unspecified atom stereocenters. The van der Waals surface area contributed by atoms with Gasteiger partial charge in [-0.2, -0.15) is 0 Å². The molecule has 2 heterocycles. The highest BCUT2D eigenvalue weighted by Crippen LogP contribution is 2.30. The summed E-state index contributed by atoms with van der Waals surface area (Å²) < 4.78 is 5.79. The van der Waals surface area contributed by atoms with Crippen molar-refractivity contribution in [3.8, 4) is 0 Å². The first kappa shape index (κ1) is 23.3. The summed E-state index contributed by atoms with van der Waals surface area (Å²) in [5.74, 6) is -1.12. The number of rotatable bonds is 7. The molecule has 33 heavy (non-hydrogen) atoms. The van der Waals surface area contributed by atoms with Crippen molar-refractivity contribution in [1.82, 2.24) is 0 Å². The van der Waals surface area contributed by atoms with E-state index in [-0.39, 0.29) is 0 Å². The largest absolute Gasteiger partial charge is 0.444 e. The zero-order chi connectivity index (χ0) is 23.2. The maximum absolute atomic E-state index is 13.3. The lowest BCUT2D eigenvalue weighted by Crippen LogP contribution is -2.26. The summed E-state index contributed by atoms with van der Waals surface area (Å²) in [5, 5.41) is 7.32. The van der Waals surface area contributed by atoms with Crippen LogP contribution in [0.3, 0.4) is 0 Å². The molecule has 1 N–H and O–H groups in total. The Labute approximate surface area is 209 Å². The highest BCUT2D eigenvalue weighted by atomic mass is 35.5. The zero-order valence-corrected chi connectivity index (χ0v) is 20.2. The minimum absolute atomic E-state index is 0.380. The second-order valence-electron chi connectivity index (χ2n) is 6.89. The number of hydrogen-bond acceptors (Lipinski definition) is 5. The van der Waals surface area contributed by atoms with E-state index in [4.69, 9.17) is 27.9 Å². The summed E-state index contributed by atoms with van der Waals surface area (Å²) in [4.78, 5) is 28.2. The van der Waals surface area contributed by atoms with Crippen molar-refractivity contribution < 1.29 is 14.3 Å². The molecule has 4 rings (SSSR count). The van der Waals surface area contributed by atoms with Crippen LogP contribution in [0, 0.1) is 0 Å². The monoisotopic (exact) mass is 513 g/mol. The number of esters is 1. The molecule has 0 spiro atoms. The predicted octanol–water partition coefficient (Wildman–Crippen LogP) is 7.58. The van der Waals surface area contributed by atoms with Gasteiger partial charge in [0, 0.05) is 31.1 Å². The third kappa shape index (κ3) is 6.12. The van der Waals surface area contributed by atoms with E-state index in [1.165, 1.54) is 22.7 Å². The number of carbonyl (C=O) groups is 2. The van der Waals surface area contributed by atoms with Crippen LogP contribution in [0.5, 0.6) is 0 Å². The molecule has 8 heteroatoms. The summed E-state index contributed by atoms with van der Waals surface area (Å²) in [6.07, 6.45) is 0.596. The number of benzene rings is 2. The van der Waals surface area contributed by atoms with E-state index in [1.807, 2.05) is 41.1 Å². The number of nitrogens with one attached hydrogen (secondary N) is 1. The van der Waals surface area contributed by atoms with Crippen molar-refractivity contribution in [2.75, 3.05) is 5.32 Å². The van der Waals surface area contributed by atoms with Crippen LogP contribution in [0.1, 0.15) is 21.4 Å². The van der Waals surface area contributed by atoms with E-state index < -0.39 is 18.0 Å². The fourth-order valence-corrected chi connectivity index (χ4v) is 5.00. The van der Waals surface area contributed by atoms with E-state index >= 15 is 0 Å². The van der Waals surface area contributed by atoms with E-state index in [0.717, 1.165) is 9.75 Å². The van der Waals surface area contributed by atoms with Crippen molar-refractivity contribution in [3.05, 3.63) is 109 Å². The van der Waals surface area contributed by atoms with Gasteiger partial charge in [0.1, 0.15) is 0 Å². The molecule has 0 saturated heterocycles. The Balaban J connectivity index is 1.64. The summed E-state index contributed by atoms with van der Waals surface area (Å²) in [6, 6.07) is 21.1. The maximum Gasteiger partial charge on any atom is 0.340 e.